The zero-order chi connectivity index (χ0) is 13.5. The van der Waals surface area contributed by atoms with Gasteiger partial charge in [0.15, 0.2) is 0 Å². The van der Waals surface area contributed by atoms with Crippen LogP contribution in [0.1, 0.15) is 36.8 Å². The standard InChI is InChI=1S/C16H25FN2/c1-14-12-15(6-7-16(14)17)13-18-8-11-19-9-4-2-3-5-10-19/h6-7,12,18H,2-5,8-11,13H2,1H3. The van der Waals surface area contributed by atoms with Gasteiger partial charge in [0.1, 0.15) is 5.82 Å². The molecule has 1 aliphatic heterocycles. The zero-order valence-corrected chi connectivity index (χ0v) is 11.9. The Morgan fingerprint density at radius 2 is 1.89 bits per heavy atom. The number of hydrogen-bond donors (Lipinski definition) is 1. The first-order chi connectivity index (χ1) is 9.25. The highest BCUT2D eigenvalue weighted by Crippen LogP contribution is 2.10. The van der Waals surface area contributed by atoms with Gasteiger partial charge >= 0.3 is 0 Å². The molecular formula is C16H25FN2. The molecule has 1 heterocycles. The van der Waals surface area contributed by atoms with Crippen LogP contribution in [-0.2, 0) is 6.54 Å². The van der Waals surface area contributed by atoms with E-state index in [2.05, 4.69) is 10.2 Å². The SMILES string of the molecule is Cc1cc(CNCCN2CCCCCC2)ccc1F. The number of benzene rings is 1. The van der Waals surface area contributed by atoms with Gasteiger partial charge < -0.3 is 10.2 Å². The van der Waals surface area contributed by atoms with E-state index in [9.17, 15) is 4.39 Å². The molecule has 0 aromatic heterocycles. The minimum absolute atomic E-state index is 0.117. The van der Waals surface area contributed by atoms with E-state index in [1.165, 1.54) is 38.8 Å². The minimum Gasteiger partial charge on any atom is -0.311 e. The molecule has 2 nitrogen and oxygen atoms in total. The molecule has 1 aromatic carbocycles. The van der Waals surface area contributed by atoms with Crippen LogP contribution in [0.2, 0.25) is 0 Å². The fraction of sp³-hybridized carbons (Fsp3) is 0.625. The predicted molar refractivity (Wildman–Crippen MR) is 77.8 cm³/mol. The second kappa shape index (κ2) is 7.61. The lowest BCUT2D eigenvalue weighted by Gasteiger charge is -2.19. The number of nitrogens with one attached hydrogen (secondary N) is 1. The Balaban J connectivity index is 1.67. The summed E-state index contributed by atoms with van der Waals surface area (Å²) < 4.78 is 13.1. The van der Waals surface area contributed by atoms with E-state index in [1.54, 1.807) is 6.07 Å². The van der Waals surface area contributed by atoms with Crippen LogP contribution in [0.4, 0.5) is 4.39 Å². The van der Waals surface area contributed by atoms with E-state index in [0.717, 1.165) is 30.8 Å². The molecule has 1 aliphatic rings. The number of halogens is 1. The number of aryl methyl sites for hydroxylation is 1. The van der Waals surface area contributed by atoms with Crippen LogP contribution in [0, 0.1) is 12.7 Å². The maximum absolute atomic E-state index is 13.1. The van der Waals surface area contributed by atoms with Crippen molar-refractivity contribution in [1.82, 2.24) is 10.2 Å². The molecule has 106 valence electrons. The summed E-state index contributed by atoms with van der Waals surface area (Å²) in [6.45, 7) is 7.27. The largest absolute Gasteiger partial charge is 0.311 e. The van der Waals surface area contributed by atoms with Crippen LogP contribution in [0.5, 0.6) is 0 Å². The Hall–Kier alpha value is -0.930. The molecule has 0 aliphatic carbocycles. The van der Waals surface area contributed by atoms with Gasteiger partial charge in [-0.05, 0) is 50.0 Å². The molecule has 0 unspecified atom stereocenters. The molecule has 0 saturated carbocycles. The second-order valence-electron chi connectivity index (χ2n) is 5.52. The summed E-state index contributed by atoms with van der Waals surface area (Å²) in [5.41, 5.74) is 1.89. The van der Waals surface area contributed by atoms with Gasteiger partial charge in [-0.1, -0.05) is 25.0 Å². The first kappa shape index (κ1) is 14.5. The Labute approximate surface area is 116 Å². The average Bonchev–Trinajstić information content (AvgIpc) is 2.67. The third-order valence-corrected chi connectivity index (χ3v) is 3.85. The first-order valence-corrected chi connectivity index (χ1v) is 7.44. The zero-order valence-electron chi connectivity index (χ0n) is 11.9. The Morgan fingerprint density at radius 1 is 1.16 bits per heavy atom. The van der Waals surface area contributed by atoms with Gasteiger partial charge in [-0.25, -0.2) is 4.39 Å². The van der Waals surface area contributed by atoms with Gasteiger partial charge in [-0.2, -0.15) is 0 Å². The maximum Gasteiger partial charge on any atom is 0.126 e. The maximum atomic E-state index is 13.1. The van der Waals surface area contributed by atoms with Gasteiger partial charge in [-0.3, -0.25) is 0 Å². The summed E-state index contributed by atoms with van der Waals surface area (Å²) in [6.07, 6.45) is 5.46. The third kappa shape index (κ3) is 4.92. The summed E-state index contributed by atoms with van der Waals surface area (Å²) in [6, 6.07) is 5.34. The van der Waals surface area contributed by atoms with Crippen molar-refractivity contribution in [3.8, 4) is 0 Å². The number of nitrogens with zero attached hydrogens (tertiary/aromatic N) is 1. The molecule has 0 bridgehead atoms. The quantitative estimate of drug-likeness (QED) is 0.822. The van der Waals surface area contributed by atoms with Crippen molar-refractivity contribution in [1.29, 1.82) is 0 Å². The average molecular weight is 264 g/mol. The van der Waals surface area contributed by atoms with E-state index < -0.39 is 0 Å². The summed E-state index contributed by atoms with van der Waals surface area (Å²) in [5, 5.41) is 3.45. The van der Waals surface area contributed by atoms with E-state index >= 15 is 0 Å². The fourth-order valence-electron chi connectivity index (χ4n) is 2.65. The minimum atomic E-state index is -0.117. The highest BCUT2D eigenvalue weighted by Gasteiger charge is 2.07. The molecule has 1 fully saturated rings. The van der Waals surface area contributed by atoms with E-state index in [-0.39, 0.29) is 5.82 Å². The van der Waals surface area contributed by atoms with Crippen molar-refractivity contribution in [3.05, 3.63) is 35.1 Å². The fourth-order valence-corrected chi connectivity index (χ4v) is 2.65. The van der Waals surface area contributed by atoms with Crippen LogP contribution in [0.3, 0.4) is 0 Å². The van der Waals surface area contributed by atoms with Crippen molar-refractivity contribution >= 4 is 0 Å². The third-order valence-electron chi connectivity index (χ3n) is 3.85. The molecule has 1 N–H and O–H groups in total. The molecule has 0 amide bonds. The summed E-state index contributed by atoms with van der Waals surface area (Å²) in [7, 11) is 0. The van der Waals surface area contributed by atoms with Crippen molar-refractivity contribution in [2.24, 2.45) is 0 Å². The Kier molecular flexibility index (Phi) is 5.80. The van der Waals surface area contributed by atoms with Gasteiger partial charge in [-0.15, -0.1) is 0 Å². The second-order valence-corrected chi connectivity index (χ2v) is 5.52. The van der Waals surface area contributed by atoms with Crippen LogP contribution in [0.15, 0.2) is 18.2 Å². The van der Waals surface area contributed by atoms with Gasteiger partial charge in [0.2, 0.25) is 0 Å². The molecule has 0 atom stereocenters. The van der Waals surface area contributed by atoms with Gasteiger partial charge in [0.25, 0.3) is 0 Å². The molecule has 1 saturated heterocycles. The van der Waals surface area contributed by atoms with Crippen LogP contribution in [0.25, 0.3) is 0 Å². The summed E-state index contributed by atoms with van der Waals surface area (Å²) in [4.78, 5) is 2.55. The van der Waals surface area contributed by atoms with Crippen molar-refractivity contribution < 1.29 is 4.39 Å². The molecule has 0 radical (unpaired) electrons. The summed E-state index contributed by atoms with van der Waals surface area (Å²) >= 11 is 0. The van der Waals surface area contributed by atoms with E-state index in [1.807, 2.05) is 19.1 Å². The first-order valence-electron chi connectivity index (χ1n) is 7.44. The van der Waals surface area contributed by atoms with Crippen LogP contribution >= 0.6 is 0 Å². The monoisotopic (exact) mass is 264 g/mol. The van der Waals surface area contributed by atoms with Crippen LogP contribution in [-0.4, -0.2) is 31.1 Å². The van der Waals surface area contributed by atoms with E-state index in [4.69, 9.17) is 0 Å². The van der Waals surface area contributed by atoms with Crippen molar-refractivity contribution in [3.63, 3.8) is 0 Å². The number of likely N-dealkylation sites (tertiary alicyclic amines) is 1. The Bertz CT molecular complexity index is 384. The molecule has 1 aromatic rings. The smallest absolute Gasteiger partial charge is 0.126 e. The predicted octanol–water partition coefficient (Wildman–Crippen LogP) is 3.10. The van der Waals surface area contributed by atoms with Crippen molar-refractivity contribution in [2.45, 2.75) is 39.2 Å². The molecular weight excluding hydrogens is 239 g/mol. The lowest BCUT2D eigenvalue weighted by atomic mass is 10.1. The molecule has 3 heteroatoms. The van der Waals surface area contributed by atoms with Crippen molar-refractivity contribution in [2.75, 3.05) is 26.2 Å². The van der Waals surface area contributed by atoms with Crippen LogP contribution < -0.4 is 5.32 Å². The molecule has 0 spiro atoms. The molecule has 2 rings (SSSR count). The normalized spacial score (nSPS) is 17.4. The topological polar surface area (TPSA) is 15.3 Å². The lowest BCUT2D eigenvalue weighted by molar-refractivity contribution is 0.284. The Morgan fingerprint density at radius 3 is 2.58 bits per heavy atom. The summed E-state index contributed by atoms with van der Waals surface area (Å²) in [5.74, 6) is -0.117. The number of rotatable bonds is 5. The molecule has 19 heavy (non-hydrogen) atoms. The highest BCUT2D eigenvalue weighted by atomic mass is 19.1. The van der Waals surface area contributed by atoms with E-state index in [0.29, 0.717) is 0 Å². The van der Waals surface area contributed by atoms with Gasteiger partial charge in [0, 0.05) is 19.6 Å². The van der Waals surface area contributed by atoms with Gasteiger partial charge in [0.05, 0.1) is 0 Å². The highest BCUT2D eigenvalue weighted by molar-refractivity contribution is 5.23. The number of hydrogen-bond acceptors (Lipinski definition) is 2. The lowest BCUT2D eigenvalue weighted by Crippen LogP contribution is -2.32.